The van der Waals surface area contributed by atoms with Crippen molar-refractivity contribution in [3.63, 3.8) is 0 Å². The number of methoxy groups -OCH3 is 2. The van der Waals surface area contributed by atoms with Gasteiger partial charge in [-0.15, -0.1) is 5.10 Å². The van der Waals surface area contributed by atoms with Gasteiger partial charge in [0.05, 0.1) is 30.9 Å². The number of allylic oxidation sites excluding steroid dienone is 1. The molecule has 4 rings (SSSR count). The van der Waals surface area contributed by atoms with Crippen LogP contribution in [0.25, 0.3) is 0 Å². The van der Waals surface area contributed by atoms with Gasteiger partial charge in [-0.1, -0.05) is 48.5 Å². The van der Waals surface area contributed by atoms with Crippen LogP contribution in [-0.4, -0.2) is 41.6 Å². The van der Waals surface area contributed by atoms with E-state index in [9.17, 15) is 4.79 Å². The first-order valence-electron chi connectivity index (χ1n) is 11.3. The number of benzene rings is 2. The smallest absolute Gasteiger partial charge is 0.338 e. The third-order valence-corrected chi connectivity index (χ3v) is 7.42. The lowest BCUT2D eigenvalue weighted by Gasteiger charge is -2.28. The highest BCUT2D eigenvalue weighted by Gasteiger charge is 2.36. The van der Waals surface area contributed by atoms with Crippen molar-refractivity contribution in [2.24, 2.45) is 0 Å². The molecule has 1 unspecified atom stereocenters. The lowest BCUT2D eigenvalue weighted by atomic mass is 9.95. The van der Waals surface area contributed by atoms with Crippen LogP contribution in [-0.2, 0) is 15.3 Å². The van der Waals surface area contributed by atoms with Crippen molar-refractivity contribution in [2.75, 3.05) is 26.1 Å². The molecule has 0 spiro atoms. The number of rotatable bonds is 9. The van der Waals surface area contributed by atoms with Gasteiger partial charge in [-0.25, -0.2) is 9.48 Å². The van der Waals surface area contributed by atoms with Crippen molar-refractivity contribution in [2.45, 2.75) is 37.2 Å². The van der Waals surface area contributed by atoms with E-state index in [1.165, 1.54) is 18.9 Å². The minimum absolute atomic E-state index is 0.425. The van der Waals surface area contributed by atoms with Crippen LogP contribution in [0.3, 0.4) is 0 Å². The highest BCUT2D eigenvalue weighted by Crippen LogP contribution is 2.43. The van der Waals surface area contributed by atoms with Crippen LogP contribution in [0.4, 0.5) is 5.95 Å². The molecule has 0 fully saturated rings. The highest BCUT2D eigenvalue weighted by atomic mass is 79.9. The zero-order valence-electron chi connectivity index (χ0n) is 20.3. The number of fused-ring (bicyclic) bond motifs is 1. The Balaban J connectivity index is 1.76. The molecule has 1 aliphatic heterocycles. The Hall–Kier alpha value is -2.69. The summed E-state index contributed by atoms with van der Waals surface area (Å²) >= 11 is 11.4. The Labute approximate surface area is 227 Å². The van der Waals surface area contributed by atoms with Gasteiger partial charge in [0, 0.05) is 16.5 Å². The molecule has 0 radical (unpaired) electrons. The molecule has 0 saturated heterocycles. The Morgan fingerprint density at radius 2 is 2.06 bits per heavy atom. The molecule has 190 valence electrons. The summed E-state index contributed by atoms with van der Waals surface area (Å²) in [5, 5.41) is 9.19. The van der Waals surface area contributed by atoms with Gasteiger partial charge in [0.15, 0.2) is 11.5 Å². The zero-order valence-corrected chi connectivity index (χ0v) is 23.5. The number of aromatic nitrogens is 3. The number of esters is 1. The van der Waals surface area contributed by atoms with Crippen molar-refractivity contribution in [3.05, 3.63) is 68.3 Å². The first-order valence-corrected chi connectivity index (χ1v) is 13.4. The summed E-state index contributed by atoms with van der Waals surface area (Å²) in [6, 6.07) is 10.8. The van der Waals surface area contributed by atoms with E-state index in [1.54, 1.807) is 11.8 Å². The summed E-state index contributed by atoms with van der Waals surface area (Å²) in [5.41, 5.74) is 2.81. The number of carbonyl (C=O) groups excluding carboxylic acids is 1. The zero-order chi connectivity index (χ0) is 25.8. The van der Waals surface area contributed by atoms with Crippen molar-refractivity contribution in [3.8, 4) is 11.5 Å². The molecule has 3 aromatic rings. The van der Waals surface area contributed by atoms with Gasteiger partial charge in [0.1, 0.15) is 6.04 Å². The maximum atomic E-state index is 12.9. The lowest BCUT2D eigenvalue weighted by Crippen LogP contribution is -2.29. The molecule has 11 heteroatoms. The maximum Gasteiger partial charge on any atom is 0.338 e. The molecule has 1 N–H and O–H groups in total. The van der Waals surface area contributed by atoms with Gasteiger partial charge in [-0.3, -0.25) is 0 Å². The fourth-order valence-corrected chi connectivity index (χ4v) is 5.56. The SMILES string of the molecule is CCCOc1c(Br)cc(C2C(C(=O)OC)=C(C)Nc3nc(SCc4ccccc4Cl)nn32)cc1OC. The predicted molar refractivity (Wildman–Crippen MR) is 144 cm³/mol. The van der Waals surface area contributed by atoms with E-state index in [1.807, 2.05) is 50.2 Å². The van der Waals surface area contributed by atoms with E-state index < -0.39 is 12.0 Å². The van der Waals surface area contributed by atoms with Crippen LogP contribution in [0.1, 0.15) is 37.4 Å². The summed E-state index contributed by atoms with van der Waals surface area (Å²) < 4.78 is 19.1. The standard InChI is InChI=1S/C25H26BrClN4O4S/c1-5-10-35-22-17(26)11-16(12-19(22)33-3)21-20(23(32)34-4)14(2)28-24-29-25(30-31(21)24)36-13-15-8-6-7-9-18(15)27/h6-9,11-12,21H,5,10,13H2,1-4H3,(H,28,29,30). The molecular weight excluding hydrogens is 568 g/mol. The van der Waals surface area contributed by atoms with Crippen LogP contribution in [0.2, 0.25) is 5.02 Å². The van der Waals surface area contributed by atoms with Crippen LogP contribution in [0.15, 0.2) is 57.3 Å². The van der Waals surface area contributed by atoms with Crippen LogP contribution in [0.5, 0.6) is 11.5 Å². The molecule has 1 atom stereocenters. The average Bonchev–Trinajstić information content (AvgIpc) is 3.28. The molecule has 2 aromatic carbocycles. The quantitative estimate of drug-likeness (QED) is 0.230. The number of anilines is 1. The summed E-state index contributed by atoms with van der Waals surface area (Å²) in [5.74, 6) is 1.81. The summed E-state index contributed by atoms with van der Waals surface area (Å²) in [4.78, 5) is 17.6. The number of thioether (sulfide) groups is 1. The van der Waals surface area contributed by atoms with Crippen molar-refractivity contribution in [1.29, 1.82) is 0 Å². The fraction of sp³-hybridized carbons (Fsp3) is 0.320. The van der Waals surface area contributed by atoms with Crippen molar-refractivity contribution >= 4 is 51.2 Å². The van der Waals surface area contributed by atoms with Gasteiger partial charge >= 0.3 is 5.97 Å². The largest absolute Gasteiger partial charge is 0.493 e. The minimum Gasteiger partial charge on any atom is -0.493 e. The molecule has 2 heterocycles. The number of nitrogens with zero attached hydrogens (tertiary/aromatic N) is 3. The molecule has 0 amide bonds. The van der Waals surface area contributed by atoms with E-state index in [0.29, 0.717) is 55.7 Å². The van der Waals surface area contributed by atoms with Gasteiger partial charge in [-0.05, 0) is 58.6 Å². The monoisotopic (exact) mass is 592 g/mol. The Kier molecular flexibility index (Phi) is 8.48. The second kappa shape index (κ2) is 11.6. The second-order valence-electron chi connectivity index (χ2n) is 7.98. The molecule has 0 bridgehead atoms. The molecule has 0 aliphatic carbocycles. The highest BCUT2D eigenvalue weighted by molar-refractivity contribution is 9.10. The number of hydrogen-bond acceptors (Lipinski definition) is 8. The topological polar surface area (TPSA) is 87.5 Å². The molecule has 8 nitrogen and oxygen atoms in total. The van der Waals surface area contributed by atoms with Gasteiger partial charge < -0.3 is 19.5 Å². The second-order valence-corrected chi connectivity index (χ2v) is 10.2. The fourth-order valence-electron chi connectivity index (χ4n) is 3.87. The van der Waals surface area contributed by atoms with Crippen LogP contribution in [0, 0.1) is 0 Å². The summed E-state index contributed by atoms with van der Waals surface area (Å²) in [7, 11) is 2.94. The van der Waals surface area contributed by atoms with E-state index in [-0.39, 0.29) is 0 Å². The number of halogens is 2. The minimum atomic E-state index is -0.596. The number of carbonyl (C=O) groups is 1. The maximum absolute atomic E-state index is 12.9. The Morgan fingerprint density at radius 1 is 1.28 bits per heavy atom. The molecule has 0 saturated carbocycles. The van der Waals surface area contributed by atoms with Crippen LogP contribution < -0.4 is 14.8 Å². The first-order chi connectivity index (χ1) is 17.4. The van der Waals surface area contributed by atoms with E-state index in [2.05, 4.69) is 26.2 Å². The molecule has 1 aliphatic rings. The van der Waals surface area contributed by atoms with Crippen molar-refractivity contribution in [1.82, 2.24) is 14.8 Å². The number of ether oxygens (including phenoxy) is 3. The number of hydrogen-bond donors (Lipinski definition) is 1. The Bertz CT molecular complexity index is 1310. The van der Waals surface area contributed by atoms with E-state index in [0.717, 1.165) is 17.5 Å². The summed E-state index contributed by atoms with van der Waals surface area (Å²) in [6.07, 6.45) is 0.858. The first kappa shape index (κ1) is 26.4. The third-order valence-electron chi connectivity index (χ3n) is 5.57. The Morgan fingerprint density at radius 3 is 2.75 bits per heavy atom. The molecular formula is C25H26BrClN4O4S. The lowest BCUT2D eigenvalue weighted by molar-refractivity contribution is -0.136. The van der Waals surface area contributed by atoms with Crippen molar-refractivity contribution < 1.29 is 19.0 Å². The predicted octanol–water partition coefficient (Wildman–Crippen LogP) is 6.25. The number of nitrogens with one attached hydrogen (secondary N) is 1. The normalized spacial score (nSPS) is 14.8. The van der Waals surface area contributed by atoms with Gasteiger partial charge in [-0.2, -0.15) is 4.98 Å². The average molecular weight is 594 g/mol. The molecule has 36 heavy (non-hydrogen) atoms. The third kappa shape index (κ3) is 5.35. The van der Waals surface area contributed by atoms with E-state index >= 15 is 0 Å². The van der Waals surface area contributed by atoms with Gasteiger partial charge in [0.2, 0.25) is 11.1 Å². The van der Waals surface area contributed by atoms with Crippen LogP contribution >= 0.6 is 39.3 Å². The summed E-state index contributed by atoms with van der Waals surface area (Å²) in [6.45, 7) is 4.40. The molecule has 1 aromatic heterocycles. The van der Waals surface area contributed by atoms with E-state index in [4.69, 9.17) is 30.9 Å². The van der Waals surface area contributed by atoms with Gasteiger partial charge in [0.25, 0.3) is 0 Å².